The third kappa shape index (κ3) is 3.17. The van der Waals surface area contributed by atoms with Gasteiger partial charge < -0.3 is 5.09 Å². The lowest BCUT2D eigenvalue weighted by Crippen LogP contribution is -2.17. The standard InChI is InChI=1S/C19H15N2P/c20-15-16-9-7-8-14-19(16)21-22(17-10-3-1-4-11-17)18-12-5-2-6-13-18/h1-14,21H. The van der Waals surface area contributed by atoms with Crippen molar-refractivity contribution >= 4 is 24.4 Å². The first-order chi connectivity index (χ1) is 10.9. The molecular weight excluding hydrogens is 287 g/mol. The second kappa shape index (κ2) is 6.89. The van der Waals surface area contributed by atoms with Crippen molar-refractivity contribution in [3.63, 3.8) is 0 Å². The molecule has 22 heavy (non-hydrogen) atoms. The summed E-state index contributed by atoms with van der Waals surface area (Å²) in [7, 11) is -0.750. The van der Waals surface area contributed by atoms with Gasteiger partial charge in [-0.1, -0.05) is 72.8 Å². The van der Waals surface area contributed by atoms with E-state index in [0.29, 0.717) is 5.56 Å². The Labute approximate surface area is 131 Å². The molecule has 0 atom stereocenters. The van der Waals surface area contributed by atoms with Crippen LogP contribution < -0.4 is 15.7 Å². The SMILES string of the molecule is N#Cc1ccccc1NP(c1ccccc1)c1ccccc1. The lowest BCUT2D eigenvalue weighted by molar-refractivity contribution is 1.48. The van der Waals surface area contributed by atoms with Crippen molar-refractivity contribution in [2.45, 2.75) is 0 Å². The molecule has 0 fully saturated rings. The third-order valence-corrected chi connectivity index (χ3v) is 5.40. The molecule has 0 amide bonds. The molecule has 0 aromatic heterocycles. The Morgan fingerprint density at radius 1 is 0.682 bits per heavy atom. The van der Waals surface area contributed by atoms with Crippen LogP contribution in [-0.2, 0) is 0 Å². The van der Waals surface area contributed by atoms with Crippen LogP contribution in [0.3, 0.4) is 0 Å². The summed E-state index contributed by atoms with van der Waals surface area (Å²) in [5, 5.41) is 15.3. The van der Waals surface area contributed by atoms with Crippen molar-refractivity contribution in [3.05, 3.63) is 90.5 Å². The molecule has 0 bridgehead atoms. The summed E-state index contributed by atoms with van der Waals surface area (Å²) in [6.07, 6.45) is 0. The minimum atomic E-state index is -0.750. The van der Waals surface area contributed by atoms with Gasteiger partial charge in [0.15, 0.2) is 0 Å². The van der Waals surface area contributed by atoms with Gasteiger partial charge in [-0.15, -0.1) is 0 Å². The van der Waals surface area contributed by atoms with Crippen LogP contribution in [0, 0.1) is 11.3 Å². The van der Waals surface area contributed by atoms with Gasteiger partial charge in [-0.05, 0) is 12.1 Å². The lowest BCUT2D eigenvalue weighted by Gasteiger charge is -2.21. The van der Waals surface area contributed by atoms with Gasteiger partial charge in [0.2, 0.25) is 0 Å². The van der Waals surface area contributed by atoms with Gasteiger partial charge in [-0.2, -0.15) is 5.26 Å². The second-order valence-electron chi connectivity index (χ2n) is 4.78. The molecule has 0 aliphatic carbocycles. The maximum atomic E-state index is 9.29. The van der Waals surface area contributed by atoms with E-state index in [2.05, 4.69) is 35.4 Å². The van der Waals surface area contributed by atoms with E-state index in [9.17, 15) is 5.26 Å². The van der Waals surface area contributed by atoms with E-state index in [1.807, 2.05) is 60.7 Å². The summed E-state index contributed by atoms with van der Waals surface area (Å²) in [5.74, 6) is 0. The molecule has 106 valence electrons. The monoisotopic (exact) mass is 302 g/mol. The highest BCUT2D eigenvalue weighted by molar-refractivity contribution is 7.74. The maximum Gasteiger partial charge on any atom is 0.101 e. The van der Waals surface area contributed by atoms with Crippen LogP contribution in [0.15, 0.2) is 84.9 Å². The summed E-state index contributed by atoms with van der Waals surface area (Å²) < 4.78 is 0. The fourth-order valence-corrected chi connectivity index (χ4v) is 4.16. The van der Waals surface area contributed by atoms with E-state index in [0.717, 1.165) is 5.69 Å². The van der Waals surface area contributed by atoms with Crippen molar-refractivity contribution < 1.29 is 0 Å². The molecule has 1 N–H and O–H groups in total. The molecule has 0 aliphatic heterocycles. The molecule has 0 aliphatic rings. The smallest absolute Gasteiger partial charge is 0.101 e. The summed E-state index contributed by atoms with van der Waals surface area (Å²) in [6, 6.07) is 30.6. The highest BCUT2D eigenvalue weighted by Crippen LogP contribution is 2.35. The quantitative estimate of drug-likeness (QED) is 0.739. The maximum absolute atomic E-state index is 9.29. The van der Waals surface area contributed by atoms with Crippen molar-refractivity contribution in [3.8, 4) is 6.07 Å². The van der Waals surface area contributed by atoms with Gasteiger partial charge in [0.05, 0.1) is 19.3 Å². The zero-order chi connectivity index (χ0) is 15.2. The van der Waals surface area contributed by atoms with Crippen LogP contribution in [0.4, 0.5) is 5.69 Å². The molecule has 3 aromatic rings. The Bertz CT molecular complexity index is 740. The zero-order valence-electron chi connectivity index (χ0n) is 12.0. The van der Waals surface area contributed by atoms with Crippen molar-refractivity contribution in [2.75, 3.05) is 5.09 Å². The molecule has 0 saturated carbocycles. The fraction of sp³-hybridized carbons (Fsp3) is 0. The number of anilines is 1. The average molecular weight is 302 g/mol. The molecular formula is C19H15N2P. The van der Waals surface area contributed by atoms with Crippen molar-refractivity contribution in [1.29, 1.82) is 5.26 Å². The number of hydrogen-bond donors (Lipinski definition) is 1. The zero-order valence-corrected chi connectivity index (χ0v) is 12.9. The summed E-state index contributed by atoms with van der Waals surface area (Å²) in [6.45, 7) is 0. The molecule has 0 heterocycles. The number of nitriles is 1. The summed E-state index contributed by atoms with van der Waals surface area (Å²) in [4.78, 5) is 0. The molecule has 3 heteroatoms. The number of benzene rings is 3. The fourth-order valence-electron chi connectivity index (χ4n) is 2.23. The van der Waals surface area contributed by atoms with Gasteiger partial charge in [0.25, 0.3) is 0 Å². The normalized spacial score (nSPS) is 10.2. The molecule has 0 unspecified atom stereocenters. The first-order valence-electron chi connectivity index (χ1n) is 7.04. The predicted octanol–water partition coefficient (Wildman–Crippen LogP) is 4.02. The Morgan fingerprint density at radius 2 is 1.18 bits per heavy atom. The third-order valence-electron chi connectivity index (χ3n) is 3.31. The Balaban J connectivity index is 2.02. The highest BCUT2D eigenvalue weighted by Gasteiger charge is 2.15. The van der Waals surface area contributed by atoms with Crippen LogP contribution in [0.25, 0.3) is 0 Å². The first kappa shape index (κ1) is 14.3. The number of hydrogen-bond acceptors (Lipinski definition) is 2. The molecule has 3 rings (SSSR count). The van der Waals surface area contributed by atoms with Crippen molar-refractivity contribution in [1.82, 2.24) is 0 Å². The van der Waals surface area contributed by atoms with E-state index < -0.39 is 8.07 Å². The molecule has 3 aromatic carbocycles. The summed E-state index contributed by atoms with van der Waals surface area (Å²) in [5.41, 5.74) is 1.55. The van der Waals surface area contributed by atoms with E-state index in [1.54, 1.807) is 0 Å². The lowest BCUT2D eigenvalue weighted by atomic mass is 10.2. The first-order valence-corrected chi connectivity index (χ1v) is 8.38. The van der Waals surface area contributed by atoms with E-state index in [1.165, 1.54) is 10.6 Å². The Morgan fingerprint density at radius 3 is 1.73 bits per heavy atom. The number of para-hydroxylation sites is 1. The van der Waals surface area contributed by atoms with Crippen LogP contribution >= 0.6 is 8.07 Å². The van der Waals surface area contributed by atoms with Gasteiger partial charge in [0, 0.05) is 10.6 Å². The van der Waals surface area contributed by atoms with E-state index in [-0.39, 0.29) is 0 Å². The topological polar surface area (TPSA) is 35.8 Å². The predicted molar refractivity (Wildman–Crippen MR) is 93.9 cm³/mol. The molecule has 0 saturated heterocycles. The van der Waals surface area contributed by atoms with Crippen LogP contribution in [0.1, 0.15) is 5.56 Å². The number of nitrogens with one attached hydrogen (secondary N) is 1. The van der Waals surface area contributed by atoms with Gasteiger partial charge in [-0.25, -0.2) is 0 Å². The molecule has 0 spiro atoms. The van der Waals surface area contributed by atoms with Gasteiger partial charge in [0.1, 0.15) is 6.07 Å². The minimum Gasteiger partial charge on any atom is -0.356 e. The largest absolute Gasteiger partial charge is 0.356 e. The van der Waals surface area contributed by atoms with E-state index >= 15 is 0 Å². The minimum absolute atomic E-state index is 0.668. The van der Waals surface area contributed by atoms with Crippen LogP contribution in [0.2, 0.25) is 0 Å². The Kier molecular flexibility index (Phi) is 4.49. The Hall–Kier alpha value is -2.62. The second-order valence-corrected chi connectivity index (χ2v) is 6.70. The number of rotatable bonds is 4. The van der Waals surface area contributed by atoms with Crippen LogP contribution in [0.5, 0.6) is 0 Å². The van der Waals surface area contributed by atoms with E-state index in [4.69, 9.17) is 0 Å². The molecule has 0 radical (unpaired) electrons. The summed E-state index contributed by atoms with van der Waals surface area (Å²) >= 11 is 0. The van der Waals surface area contributed by atoms with Crippen molar-refractivity contribution in [2.24, 2.45) is 0 Å². The van der Waals surface area contributed by atoms with Gasteiger partial charge in [-0.3, -0.25) is 0 Å². The van der Waals surface area contributed by atoms with Crippen LogP contribution in [-0.4, -0.2) is 0 Å². The number of nitrogens with zero attached hydrogens (tertiary/aromatic N) is 1. The van der Waals surface area contributed by atoms with Gasteiger partial charge >= 0.3 is 0 Å². The highest BCUT2D eigenvalue weighted by atomic mass is 31.1. The molecule has 2 nitrogen and oxygen atoms in total. The average Bonchev–Trinajstić information content (AvgIpc) is 2.61.